The van der Waals surface area contributed by atoms with Crippen molar-refractivity contribution in [3.8, 4) is 0 Å². The van der Waals surface area contributed by atoms with E-state index in [-0.39, 0.29) is 17.3 Å². The lowest BCUT2D eigenvalue weighted by atomic mass is 10.1. The highest BCUT2D eigenvalue weighted by Gasteiger charge is 2.18. The molecule has 3 aromatic rings. The Hall–Kier alpha value is -2.64. The van der Waals surface area contributed by atoms with Crippen LogP contribution in [0.25, 0.3) is 10.8 Å². The van der Waals surface area contributed by atoms with Crippen LogP contribution in [-0.2, 0) is 21.4 Å². The van der Waals surface area contributed by atoms with Crippen LogP contribution in [0, 0.1) is 6.92 Å². The first-order valence-electron chi connectivity index (χ1n) is 7.71. The quantitative estimate of drug-likeness (QED) is 0.733. The fourth-order valence-corrected chi connectivity index (χ4v) is 3.85. The molecule has 1 aromatic heterocycles. The largest absolute Gasteiger partial charge is 0.465 e. The van der Waals surface area contributed by atoms with Crippen molar-refractivity contribution in [1.29, 1.82) is 0 Å². The van der Waals surface area contributed by atoms with E-state index in [9.17, 15) is 13.2 Å². The smallest absolute Gasteiger partial charge is 0.241 e. The van der Waals surface area contributed by atoms with E-state index in [1.807, 2.05) is 0 Å². The summed E-state index contributed by atoms with van der Waals surface area (Å²) in [5, 5.41) is 3.92. The molecule has 25 heavy (non-hydrogen) atoms. The number of amides is 1. The normalized spacial score (nSPS) is 11.6. The molecule has 0 bridgehead atoms. The van der Waals surface area contributed by atoms with Gasteiger partial charge in [-0.3, -0.25) is 4.79 Å². The maximum atomic E-state index is 12.7. The molecular weight excluding hydrogens is 340 g/mol. The van der Waals surface area contributed by atoms with Crippen LogP contribution in [0.2, 0.25) is 0 Å². The van der Waals surface area contributed by atoms with Crippen molar-refractivity contribution in [2.75, 3.05) is 5.32 Å². The summed E-state index contributed by atoms with van der Waals surface area (Å²) in [7, 11) is -3.74. The molecule has 0 saturated carbocycles. The molecule has 0 aliphatic carbocycles. The van der Waals surface area contributed by atoms with Gasteiger partial charge < -0.3 is 9.73 Å². The zero-order valence-electron chi connectivity index (χ0n) is 13.9. The van der Waals surface area contributed by atoms with Crippen LogP contribution in [-0.4, -0.2) is 14.3 Å². The second kappa shape index (κ2) is 6.70. The van der Waals surface area contributed by atoms with Crippen LogP contribution in [0.5, 0.6) is 0 Å². The lowest BCUT2D eigenvalue weighted by Gasteiger charge is -2.12. The van der Waals surface area contributed by atoms with Crippen molar-refractivity contribution < 1.29 is 17.6 Å². The Morgan fingerprint density at radius 3 is 2.44 bits per heavy atom. The third kappa shape index (κ3) is 3.72. The number of furan rings is 1. The Bertz CT molecular complexity index is 1040. The van der Waals surface area contributed by atoms with Gasteiger partial charge in [-0.05, 0) is 31.2 Å². The minimum atomic E-state index is -3.74. The van der Waals surface area contributed by atoms with Gasteiger partial charge in [0.1, 0.15) is 11.5 Å². The van der Waals surface area contributed by atoms with Gasteiger partial charge in [0.15, 0.2) is 0 Å². The van der Waals surface area contributed by atoms with Gasteiger partial charge in [0.05, 0.1) is 11.4 Å². The van der Waals surface area contributed by atoms with Crippen molar-refractivity contribution >= 4 is 32.4 Å². The van der Waals surface area contributed by atoms with E-state index in [0.717, 1.165) is 5.76 Å². The summed E-state index contributed by atoms with van der Waals surface area (Å²) in [5.74, 6) is 1.05. The van der Waals surface area contributed by atoms with Crippen LogP contribution in [0.4, 0.5) is 5.69 Å². The number of rotatable bonds is 5. The van der Waals surface area contributed by atoms with Gasteiger partial charge in [-0.1, -0.05) is 24.3 Å². The molecule has 6 nitrogen and oxygen atoms in total. The van der Waals surface area contributed by atoms with Gasteiger partial charge in [-0.15, -0.1) is 0 Å². The predicted molar refractivity (Wildman–Crippen MR) is 95.7 cm³/mol. The first kappa shape index (κ1) is 17.2. The van der Waals surface area contributed by atoms with Gasteiger partial charge in [0.25, 0.3) is 0 Å². The van der Waals surface area contributed by atoms with Crippen LogP contribution in [0.3, 0.4) is 0 Å². The molecule has 130 valence electrons. The van der Waals surface area contributed by atoms with E-state index in [4.69, 9.17) is 4.42 Å². The fourth-order valence-electron chi connectivity index (χ4n) is 2.64. The molecule has 0 fully saturated rings. The average molecular weight is 358 g/mol. The molecule has 0 atom stereocenters. The van der Waals surface area contributed by atoms with Crippen molar-refractivity contribution in [1.82, 2.24) is 4.72 Å². The molecule has 1 heterocycles. The molecule has 0 spiro atoms. The maximum absolute atomic E-state index is 12.7. The standard InChI is InChI=1S/C18H18N2O4S/c1-12-9-10-14(24-12)11-19-25(22,23)18-8-4-5-15-16(18)6-3-7-17(15)20-13(2)21/h3-10,19H,11H2,1-2H3,(H,20,21). The zero-order chi connectivity index (χ0) is 18.0. The average Bonchev–Trinajstić information content (AvgIpc) is 2.98. The summed E-state index contributed by atoms with van der Waals surface area (Å²) in [6.07, 6.45) is 0. The van der Waals surface area contributed by atoms with Gasteiger partial charge in [-0.25, -0.2) is 13.1 Å². The van der Waals surface area contributed by atoms with E-state index in [1.165, 1.54) is 13.0 Å². The molecule has 0 saturated heterocycles. The van der Waals surface area contributed by atoms with Gasteiger partial charge >= 0.3 is 0 Å². The highest BCUT2D eigenvalue weighted by Crippen LogP contribution is 2.28. The number of hydrogen-bond acceptors (Lipinski definition) is 4. The van der Waals surface area contributed by atoms with Crippen LogP contribution in [0.15, 0.2) is 57.8 Å². The molecular formula is C18H18N2O4S. The first-order valence-corrected chi connectivity index (χ1v) is 9.19. The minimum absolute atomic E-state index is 0.0674. The number of nitrogens with one attached hydrogen (secondary N) is 2. The predicted octanol–water partition coefficient (Wildman–Crippen LogP) is 3.18. The molecule has 7 heteroatoms. The molecule has 0 radical (unpaired) electrons. The maximum Gasteiger partial charge on any atom is 0.241 e. The Kier molecular flexibility index (Phi) is 4.61. The van der Waals surface area contributed by atoms with Crippen molar-refractivity contribution in [3.63, 3.8) is 0 Å². The first-order chi connectivity index (χ1) is 11.9. The third-order valence-electron chi connectivity index (χ3n) is 3.71. The zero-order valence-corrected chi connectivity index (χ0v) is 14.7. The van der Waals surface area contributed by atoms with E-state index in [1.54, 1.807) is 49.4 Å². The summed E-state index contributed by atoms with van der Waals surface area (Å²) >= 11 is 0. The van der Waals surface area contributed by atoms with Gasteiger partial charge in [0, 0.05) is 23.4 Å². The number of hydrogen-bond donors (Lipinski definition) is 2. The number of benzene rings is 2. The molecule has 2 N–H and O–H groups in total. The molecule has 2 aromatic carbocycles. The van der Waals surface area contributed by atoms with Crippen LogP contribution >= 0.6 is 0 Å². The topological polar surface area (TPSA) is 88.4 Å². The van der Waals surface area contributed by atoms with E-state index >= 15 is 0 Å². The number of aryl methyl sites for hydroxylation is 1. The summed E-state index contributed by atoms with van der Waals surface area (Å²) in [4.78, 5) is 11.5. The monoisotopic (exact) mass is 358 g/mol. The number of fused-ring (bicyclic) bond motifs is 1. The van der Waals surface area contributed by atoms with Gasteiger partial charge in [-0.2, -0.15) is 0 Å². The fraction of sp³-hybridized carbons (Fsp3) is 0.167. The molecule has 0 unspecified atom stereocenters. The third-order valence-corrected chi connectivity index (χ3v) is 5.17. The highest BCUT2D eigenvalue weighted by atomic mass is 32.2. The van der Waals surface area contributed by atoms with E-state index < -0.39 is 10.0 Å². The SMILES string of the molecule is CC(=O)Nc1cccc2c(S(=O)(=O)NCc3ccc(C)o3)cccc12. The van der Waals surface area contributed by atoms with Crippen molar-refractivity contribution in [2.24, 2.45) is 0 Å². The number of anilines is 1. The van der Waals surface area contributed by atoms with Crippen molar-refractivity contribution in [3.05, 3.63) is 60.1 Å². The second-order valence-electron chi connectivity index (χ2n) is 5.67. The molecule has 3 rings (SSSR count). The molecule has 0 aliphatic heterocycles. The van der Waals surface area contributed by atoms with Crippen LogP contribution < -0.4 is 10.0 Å². The summed E-state index contributed by atoms with van der Waals surface area (Å²) in [6, 6.07) is 13.6. The van der Waals surface area contributed by atoms with Crippen molar-refractivity contribution in [2.45, 2.75) is 25.3 Å². The van der Waals surface area contributed by atoms with E-state index in [2.05, 4.69) is 10.0 Å². The Morgan fingerprint density at radius 1 is 1.04 bits per heavy atom. The summed E-state index contributed by atoms with van der Waals surface area (Å²) in [6.45, 7) is 3.27. The van der Waals surface area contributed by atoms with E-state index in [0.29, 0.717) is 22.2 Å². The summed E-state index contributed by atoms with van der Waals surface area (Å²) in [5.41, 5.74) is 0.573. The Balaban J connectivity index is 1.98. The number of carbonyl (C=O) groups is 1. The second-order valence-corrected chi connectivity index (χ2v) is 7.41. The number of sulfonamides is 1. The molecule has 0 aliphatic rings. The highest BCUT2D eigenvalue weighted by molar-refractivity contribution is 7.89. The van der Waals surface area contributed by atoms with Crippen LogP contribution in [0.1, 0.15) is 18.4 Å². The number of carbonyl (C=O) groups excluding carboxylic acids is 1. The minimum Gasteiger partial charge on any atom is -0.465 e. The molecule has 1 amide bonds. The Morgan fingerprint density at radius 2 is 1.76 bits per heavy atom. The summed E-state index contributed by atoms with van der Waals surface area (Å²) < 4.78 is 33.4. The lowest BCUT2D eigenvalue weighted by Crippen LogP contribution is -2.23. The van der Waals surface area contributed by atoms with Gasteiger partial charge in [0.2, 0.25) is 15.9 Å². The lowest BCUT2D eigenvalue weighted by molar-refractivity contribution is -0.114. The Labute approximate surface area is 145 Å².